The summed E-state index contributed by atoms with van der Waals surface area (Å²) < 4.78 is 0. The van der Waals surface area contributed by atoms with Crippen molar-refractivity contribution in [3.05, 3.63) is 0 Å². The van der Waals surface area contributed by atoms with Gasteiger partial charge in [-0.05, 0) is 87.5 Å². The minimum atomic E-state index is 0.0875. The second kappa shape index (κ2) is 11.7. The molecule has 180 valence electrons. The number of hydrogen-bond acceptors (Lipinski definition) is 3. The Morgan fingerprint density at radius 1 is 1.16 bits per heavy atom. The summed E-state index contributed by atoms with van der Waals surface area (Å²) in [5, 5.41) is 13.3. The molecule has 0 bridgehead atoms. The van der Waals surface area contributed by atoms with Crippen molar-refractivity contribution < 1.29 is 9.90 Å². The molecule has 3 rings (SSSR count). The average molecular weight is 455 g/mol. The van der Waals surface area contributed by atoms with E-state index in [1.54, 1.807) is 0 Å². The second-order valence-electron chi connectivity index (χ2n) is 11.5. The fraction of sp³-hybridized carbons (Fsp3) is 0.962. The summed E-state index contributed by atoms with van der Waals surface area (Å²) in [6.45, 7) is 10.6. The van der Waals surface area contributed by atoms with E-state index in [-0.39, 0.29) is 24.5 Å². The zero-order valence-electron chi connectivity index (χ0n) is 20.3. The van der Waals surface area contributed by atoms with Crippen LogP contribution in [0.25, 0.3) is 0 Å². The van der Waals surface area contributed by atoms with Crippen molar-refractivity contribution in [2.45, 2.75) is 103 Å². The van der Waals surface area contributed by atoms with Crippen molar-refractivity contribution in [2.24, 2.45) is 29.1 Å². The molecule has 0 spiro atoms. The van der Waals surface area contributed by atoms with Gasteiger partial charge in [0, 0.05) is 37.0 Å². The normalized spacial score (nSPS) is 35.5. The Morgan fingerprint density at radius 2 is 1.90 bits per heavy atom. The summed E-state index contributed by atoms with van der Waals surface area (Å²) >= 11 is 6.36. The van der Waals surface area contributed by atoms with Gasteiger partial charge in [0.1, 0.15) is 0 Å². The highest BCUT2D eigenvalue weighted by molar-refractivity contribution is 6.20. The van der Waals surface area contributed by atoms with Gasteiger partial charge in [0.2, 0.25) is 5.91 Å². The number of alkyl halides is 1. The SMILES string of the molecule is CCC[C@H](CN1CCC(C2CCC(Cl)CC2)C(C)(C)C1)NC(=O)C1CCCC(CO)C1. The quantitative estimate of drug-likeness (QED) is 0.494. The maximum absolute atomic E-state index is 13.0. The van der Waals surface area contributed by atoms with Gasteiger partial charge in [0.25, 0.3) is 0 Å². The second-order valence-corrected chi connectivity index (χ2v) is 12.2. The average Bonchev–Trinajstić information content (AvgIpc) is 2.74. The molecule has 1 saturated heterocycles. The van der Waals surface area contributed by atoms with Crippen LogP contribution in [0.2, 0.25) is 0 Å². The molecule has 31 heavy (non-hydrogen) atoms. The molecule has 5 heteroatoms. The molecule has 1 amide bonds. The number of piperidine rings is 1. The summed E-state index contributed by atoms with van der Waals surface area (Å²) in [6.07, 6.45) is 12.3. The first-order valence-electron chi connectivity index (χ1n) is 13.1. The molecule has 1 aliphatic heterocycles. The molecular formula is C26H47ClN2O2. The summed E-state index contributed by atoms with van der Waals surface area (Å²) in [4.78, 5) is 15.6. The van der Waals surface area contributed by atoms with Gasteiger partial charge in [0.15, 0.2) is 0 Å². The maximum atomic E-state index is 13.0. The van der Waals surface area contributed by atoms with Gasteiger partial charge in [-0.25, -0.2) is 0 Å². The van der Waals surface area contributed by atoms with E-state index in [0.717, 1.165) is 70.0 Å². The first kappa shape index (κ1) is 25.3. The lowest BCUT2D eigenvalue weighted by molar-refractivity contribution is -0.127. The monoisotopic (exact) mass is 454 g/mol. The number of nitrogens with one attached hydrogen (secondary N) is 1. The van der Waals surface area contributed by atoms with Crippen LogP contribution in [0.15, 0.2) is 0 Å². The van der Waals surface area contributed by atoms with E-state index in [9.17, 15) is 9.90 Å². The van der Waals surface area contributed by atoms with E-state index in [0.29, 0.717) is 16.7 Å². The van der Waals surface area contributed by atoms with Crippen LogP contribution in [0.4, 0.5) is 0 Å². The van der Waals surface area contributed by atoms with Crippen LogP contribution < -0.4 is 5.32 Å². The molecule has 0 aromatic rings. The standard InChI is InChI=1S/C26H47ClN2O2/c1-4-6-23(28-25(31)21-8-5-7-19(15-21)17-30)16-29-14-13-24(26(2,3)18-29)20-9-11-22(27)12-10-20/h19-24,30H,4-18H2,1-3H3,(H,28,31)/t19?,20?,21?,22?,23-,24?/m1/s1. The number of hydrogen-bond donors (Lipinski definition) is 2. The molecule has 4 nitrogen and oxygen atoms in total. The molecule has 2 N–H and O–H groups in total. The third-order valence-corrected chi connectivity index (χ3v) is 8.97. The molecule has 1 heterocycles. The fourth-order valence-electron chi connectivity index (χ4n) is 6.88. The Bertz CT molecular complexity index is 562. The van der Waals surface area contributed by atoms with Crippen LogP contribution in [0.1, 0.15) is 91.4 Å². The molecule has 4 atom stereocenters. The Balaban J connectivity index is 1.52. The number of nitrogens with zero attached hydrogens (tertiary/aromatic N) is 1. The fourth-order valence-corrected chi connectivity index (χ4v) is 7.13. The molecule has 2 aliphatic carbocycles. The minimum Gasteiger partial charge on any atom is -0.396 e. The number of carbonyl (C=O) groups excluding carboxylic acids is 1. The number of aliphatic hydroxyl groups excluding tert-OH is 1. The van der Waals surface area contributed by atoms with Gasteiger partial charge in [0.05, 0.1) is 0 Å². The van der Waals surface area contributed by atoms with Crippen LogP contribution in [0, 0.1) is 29.1 Å². The van der Waals surface area contributed by atoms with E-state index in [1.165, 1.54) is 32.1 Å². The summed E-state index contributed by atoms with van der Waals surface area (Å²) in [6, 6.07) is 0.242. The van der Waals surface area contributed by atoms with E-state index >= 15 is 0 Å². The van der Waals surface area contributed by atoms with Crippen LogP contribution in [0.3, 0.4) is 0 Å². The topological polar surface area (TPSA) is 52.6 Å². The molecule has 0 aromatic heterocycles. The molecule has 2 saturated carbocycles. The number of carbonyl (C=O) groups is 1. The predicted molar refractivity (Wildman–Crippen MR) is 129 cm³/mol. The van der Waals surface area contributed by atoms with Crippen molar-refractivity contribution in [3.63, 3.8) is 0 Å². The van der Waals surface area contributed by atoms with E-state index in [4.69, 9.17) is 11.6 Å². The Kier molecular flexibility index (Phi) is 9.55. The van der Waals surface area contributed by atoms with Crippen LogP contribution in [-0.4, -0.2) is 53.6 Å². The maximum Gasteiger partial charge on any atom is 0.223 e. The third-order valence-electron chi connectivity index (χ3n) is 8.54. The summed E-state index contributed by atoms with van der Waals surface area (Å²) in [7, 11) is 0. The first-order valence-corrected chi connectivity index (χ1v) is 13.5. The number of likely N-dealkylation sites (tertiary alicyclic amines) is 1. The van der Waals surface area contributed by atoms with Gasteiger partial charge in [-0.1, -0.05) is 33.6 Å². The highest BCUT2D eigenvalue weighted by Crippen LogP contribution is 2.45. The molecular weight excluding hydrogens is 408 g/mol. The van der Waals surface area contributed by atoms with Crippen molar-refractivity contribution >= 4 is 17.5 Å². The third kappa shape index (κ3) is 7.08. The highest BCUT2D eigenvalue weighted by Gasteiger charge is 2.41. The Morgan fingerprint density at radius 3 is 2.55 bits per heavy atom. The van der Waals surface area contributed by atoms with Gasteiger partial charge in [-0.2, -0.15) is 0 Å². The lowest BCUT2D eigenvalue weighted by Crippen LogP contribution is -2.53. The molecule has 3 aliphatic rings. The Labute approximate surface area is 195 Å². The van der Waals surface area contributed by atoms with E-state index in [1.807, 2.05) is 0 Å². The zero-order valence-corrected chi connectivity index (χ0v) is 21.0. The van der Waals surface area contributed by atoms with Crippen LogP contribution in [0.5, 0.6) is 0 Å². The zero-order chi connectivity index (χ0) is 22.4. The smallest absolute Gasteiger partial charge is 0.223 e. The number of amides is 1. The van der Waals surface area contributed by atoms with Crippen LogP contribution in [-0.2, 0) is 4.79 Å². The highest BCUT2D eigenvalue weighted by atomic mass is 35.5. The first-order chi connectivity index (χ1) is 14.8. The van der Waals surface area contributed by atoms with E-state index < -0.39 is 0 Å². The molecule has 3 unspecified atom stereocenters. The minimum absolute atomic E-state index is 0.0875. The number of halogens is 1. The largest absolute Gasteiger partial charge is 0.396 e. The van der Waals surface area contributed by atoms with E-state index in [2.05, 4.69) is 31.0 Å². The van der Waals surface area contributed by atoms with Gasteiger partial charge < -0.3 is 15.3 Å². The molecule has 0 radical (unpaired) electrons. The summed E-state index contributed by atoms with van der Waals surface area (Å²) in [5.74, 6) is 2.25. The van der Waals surface area contributed by atoms with Crippen molar-refractivity contribution in [1.82, 2.24) is 10.2 Å². The van der Waals surface area contributed by atoms with Crippen molar-refractivity contribution in [2.75, 3.05) is 26.2 Å². The lowest BCUT2D eigenvalue weighted by Gasteiger charge is -2.49. The number of aliphatic hydroxyl groups is 1. The lowest BCUT2D eigenvalue weighted by atomic mass is 9.64. The Hall–Kier alpha value is -0.320. The van der Waals surface area contributed by atoms with Crippen LogP contribution >= 0.6 is 11.6 Å². The van der Waals surface area contributed by atoms with Gasteiger partial charge in [-0.3, -0.25) is 4.79 Å². The summed E-state index contributed by atoms with van der Waals surface area (Å²) in [5.41, 5.74) is 0.320. The predicted octanol–water partition coefficient (Wildman–Crippen LogP) is 5.22. The molecule has 3 fully saturated rings. The van der Waals surface area contributed by atoms with Gasteiger partial charge in [-0.15, -0.1) is 11.6 Å². The molecule has 0 aromatic carbocycles. The number of rotatable bonds is 8. The van der Waals surface area contributed by atoms with Crippen molar-refractivity contribution in [1.29, 1.82) is 0 Å². The van der Waals surface area contributed by atoms with Crippen molar-refractivity contribution in [3.8, 4) is 0 Å². The van der Waals surface area contributed by atoms with Gasteiger partial charge >= 0.3 is 0 Å².